The van der Waals surface area contributed by atoms with Crippen molar-refractivity contribution >= 4 is 40.4 Å². The van der Waals surface area contributed by atoms with Crippen molar-refractivity contribution in [2.24, 2.45) is 22.6 Å². The van der Waals surface area contributed by atoms with Gasteiger partial charge in [-0.15, -0.1) is 0 Å². The third-order valence-electron chi connectivity index (χ3n) is 8.81. The molecule has 14 heteroatoms. The lowest BCUT2D eigenvalue weighted by atomic mass is 9.57. The van der Waals surface area contributed by atoms with E-state index in [1.165, 1.54) is 4.90 Å². The van der Waals surface area contributed by atoms with Crippen molar-refractivity contribution in [3.8, 4) is 5.75 Å². The van der Waals surface area contributed by atoms with Gasteiger partial charge in [0.2, 0.25) is 5.78 Å². The van der Waals surface area contributed by atoms with Gasteiger partial charge in [-0.2, -0.15) is 0 Å². The number of aromatic hydroxyl groups is 1. The van der Waals surface area contributed by atoms with Gasteiger partial charge in [-0.05, 0) is 57.6 Å². The van der Waals surface area contributed by atoms with Crippen LogP contribution in [0.15, 0.2) is 28.0 Å². The molecule has 1 saturated carbocycles. The van der Waals surface area contributed by atoms with Crippen molar-refractivity contribution in [3.63, 3.8) is 0 Å². The third kappa shape index (κ3) is 4.93. The summed E-state index contributed by atoms with van der Waals surface area (Å²) in [4.78, 5) is 49.2. The highest BCUT2D eigenvalue weighted by Gasteiger charge is 2.64. The van der Waals surface area contributed by atoms with Gasteiger partial charge >= 0.3 is 0 Å². The van der Waals surface area contributed by atoms with Gasteiger partial charge in [-0.1, -0.05) is 13.8 Å². The molecule has 0 saturated heterocycles. The zero-order valence-corrected chi connectivity index (χ0v) is 25.2. The van der Waals surface area contributed by atoms with Crippen LogP contribution < -0.4 is 16.1 Å². The molecule has 4 rings (SSSR count). The SMILES string of the molecule is CCN(CC)CC(=Nc1cc(N(C)C)c2c(c1O)C(O)=C1C(=O)[C@]3(O)C(O)=C(C(N)=O)C(=O)[C@@H](N(C)C)C3CC1C2)NO. The van der Waals surface area contributed by atoms with Gasteiger partial charge in [-0.25, -0.2) is 4.99 Å². The van der Waals surface area contributed by atoms with E-state index in [4.69, 9.17) is 5.73 Å². The minimum atomic E-state index is -2.72. The highest BCUT2D eigenvalue weighted by molar-refractivity contribution is 6.24. The number of phenolic OH excluding ortho intramolecular Hbond substituents is 1. The van der Waals surface area contributed by atoms with E-state index in [1.54, 1.807) is 39.2 Å². The number of phenols is 1. The van der Waals surface area contributed by atoms with Crippen LogP contribution in [0.3, 0.4) is 0 Å². The minimum absolute atomic E-state index is 0.00583. The summed E-state index contributed by atoms with van der Waals surface area (Å²) in [7, 11) is 6.62. The number of nitrogens with one attached hydrogen (secondary N) is 1. The van der Waals surface area contributed by atoms with Crippen LogP contribution >= 0.6 is 0 Å². The van der Waals surface area contributed by atoms with Gasteiger partial charge in [-0.3, -0.25) is 34.9 Å². The first-order valence-electron chi connectivity index (χ1n) is 14.1. The largest absolute Gasteiger partial charge is 0.508 e. The average Bonchev–Trinajstić information content (AvgIpc) is 2.93. The van der Waals surface area contributed by atoms with Crippen molar-refractivity contribution in [1.82, 2.24) is 15.3 Å². The fourth-order valence-corrected chi connectivity index (χ4v) is 6.66. The number of anilines is 1. The molecule has 0 radical (unpaired) electrons. The molecule has 1 aromatic rings. The fraction of sp³-hybridized carbons (Fsp3) is 0.517. The van der Waals surface area contributed by atoms with Crippen LogP contribution in [0, 0.1) is 11.8 Å². The number of fused-ring (bicyclic) bond motifs is 3. The van der Waals surface area contributed by atoms with Crippen molar-refractivity contribution in [3.05, 3.63) is 34.1 Å². The lowest BCUT2D eigenvalue weighted by Crippen LogP contribution is -2.65. The van der Waals surface area contributed by atoms with E-state index >= 15 is 0 Å². The second-order valence-corrected chi connectivity index (χ2v) is 11.6. The van der Waals surface area contributed by atoms with Crippen molar-refractivity contribution < 1.29 is 40.0 Å². The number of aliphatic imine (C=N–C) groups is 1. The Labute approximate surface area is 249 Å². The van der Waals surface area contributed by atoms with Gasteiger partial charge in [0.05, 0.1) is 18.2 Å². The monoisotopic (exact) mass is 600 g/mol. The predicted octanol–water partition coefficient (Wildman–Crippen LogP) is 0.381. The average molecular weight is 601 g/mol. The molecule has 1 aromatic carbocycles. The molecule has 43 heavy (non-hydrogen) atoms. The number of hydrogen-bond acceptors (Lipinski definition) is 12. The molecular formula is C29H40N6O8. The highest BCUT2D eigenvalue weighted by Crippen LogP contribution is 2.54. The normalized spacial score (nSPS) is 25.6. The number of likely N-dealkylation sites (N-methyl/N-ethyl adjacent to an activating group) is 2. The summed E-state index contributed by atoms with van der Waals surface area (Å²) in [5.74, 6) is -7.14. The zero-order chi connectivity index (χ0) is 32.1. The molecule has 14 nitrogen and oxygen atoms in total. The first-order chi connectivity index (χ1) is 20.1. The molecule has 3 aliphatic carbocycles. The number of hydroxylamine groups is 1. The second-order valence-electron chi connectivity index (χ2n) is 11.6. The molecule has 8 N–H and O–H groups in total. The summed E-state index contributed by atoms with van der Waals surface area (Å²) < 4.78 is 0. The molecule has 2 unspecified atom stereocenters. The number of benzene rings is 1. The van der Waals surface area contributed by atoms with E-state index in [2.05, 4.69) is 10.5 Å². The van der Waals surface area contributed by atoms with Gasteiger partial charge in [0.1, 0.15) is 28.6 Å². The number of primary amides is 1. The van der Waals surface area contributed by atoms with E-state index in [1.807, 2.05) is 18.7 Å². The number of carbonyl (C=O) groups is 3. The Morgan fingerprint density at radius 2 is 1.77 bits per heavy atom. The van der Waals surface area contributed by atoms with Crippen LogP contribution in [0.2, 0.25) is 0 Å². The van der Waals surface area contributed by atoms with Crippen LogP contribution in [-0.4, -0.2) is 118 Å². The third-order valence-corrected chi connectivity index (χ3v) is 8.81. The topological polar surface area (TPSA) is 212 Å². The summed E-state index contributed by atoms with van der Waals surface area (Å²) in [5.41, 5.74) is 4.61. The van der Waals surface area contributed by atoms with Crippen LogP contribution in [0.5, 0.6) is 5.75 Å². The standard InChI is InChI=1S/C29H40N6O8/c1-7-35(8-2)12-18(32-43)31-16-11-17(33(3)4)14-9-13-10-15-22(34(5)6)25(38)21(28(30)41)27(40)29(15,42)26(39)19(13)24(37)20(14)23(16)36/h11,13,15,22,36-37,40,42-43H,7-10,12H2,1-6H3,(H2,30,41)(H,31,32)/t13?,15?,22-,29-/m0/s1. The number of ketones is 2. The van der Waals surface area contributed by atoms with Gasteiger partial charge in [0, 0.05) is 31.3 Å². The maximum atomic E-state index is 14.1. The van der Waals surface area contributed by atoms with Crippen molar-refractivity contribution in [2.45, 2.75) is 38.3 Å². The summed E-state index contributed by atoms with van der Waals surface area (Å²) in [6, 6.07) is 0.444. The quantitative estimate of drug-likeness (QED) is 0.0934. The van der Waals surface area contributed by atoms with E-state index in [0.717, 1.165) is 0 Å². The highest BCUT2D eigenvalue weighted by atomic mass is 16.5. The maximum absolute atomic E-state index is 14.1. The molecule has 1 fully saturated rings. The molecule has 3 aliphatic rings. The molecule has 234 valence electrons. The van der Waals surface area contributed by atoms with E-state index in [9.17, 15) is 40.0 Å². The predicted molar refractivity (Wildman–Crippen MR) is 158 cm³/mol. The summed E-state index contributed by atoms with van der Waals surface area (Å²) >= 11 is 0. The number of carbonyl (C=O) groups excluding carboxylic acids is 3. The van der Waals surface area contributed by atoms with Crippen LogP contribution in [-0.2, 0) is 20.8 Å². The molecule has 0 bridgehead atoms. The second kappa shape index (κ2) is 11.6. The number of aliphatic hydroxyl groups is 3. The molecule has 4 atom stereocenters. The maximum Gasteiger partial charge on any atom is 0.255 e. The number of rotatable bonds is 8. The van der Waals surface area contributed by atoms with Gasteiger partial charge in [0.25, 0.3) is 5.91 Å². The number of nitrogens with two attached hydrogens (primary N) is 1. The minimum Gasteiger partial charge on any atom is -0.508 e. The summed E-state index contributed by atoms with van der Waals surface area (Å²) in [6.07, 6.45) is 0.131. The molecule has 0 aromatic heterocycles. The van der Waals surface area contributed by atoms with E-state index in [-0.39, 0.29) is 42.0 Å². The summed E-state index contributed by atoms with van der Waals surface area (Å²) in [6.45, 7) is 5.48. The Morgan fingerprint density at radius 1 is 1.14 bits per heavy atom. The lowest BCUT2D eigenvalue weighted by Gasteiger charge is -2.50. The first-order valence-corrected chi connectivity index (χ1v) is 14.1. The first kappa shape index (κ1) is 31.9. The van der Waals surface area contributed by atoms with E-state index in [0.29, 0.717) is 24.3 Å². The van der Waals surface area contributed by atoms with Crippen LogP contribution in [0.25, 0.3) is 5.76 Å². The molecule has 0 heterocycles. The van der Waals surface area contributed by atoms with Crippen LogP contribution in [0.1, 0.15) is 31.4 Å². The fourth-order valence-electron chi connectivity index (χ4n) is 6.66. The number of Topliss-reactive ketones (excluding diaryl/α,β-unsaturated/α-hetero) is 2. The van der Waals surface area contributed by atoms with Gasteiger partial charge < -0.3 is 31.1 Å². The smallest absolute Gasteiger partial charge is 0.255 e. The molecule has 1 amide bonds. The Hall–Kier alpha value is -3.98. The number of aliphatic hydroxyl groups excluding tert-OH is 2. The van der Waals surface area contributed by atoms with Gasteiger partial charge in [0.15, 0.2) is 17.1 Å². The number of amidine groups is 1. The Bertz CT molecular complexity index is 1460. The van der Waals surface area contributed by atoms with Crippen molar-refractivity contribution in [2.75, 3.05) is 52.7 Å². The van der Waals surface area contributed by atoms with E-state index < -0.39 is 63.8 Å². The number of nitrogens with zero attached hydrogens (tertiary/aromatic N) is 4. The Kier molecular flexibility index (Phi) is 8.62. The number of amides is 1. The number of hydrogen-bond donors (Lipinski definition) is 7. The molecule has 0 aliphatic heterocycles. The Balaban J connectivity index is 1.96. The summed E-state index contributed by atoms with van der Waals surface area (Å²) in [5, 5.41) is 55.6. The zero-order valence-electron chi connectivity index (χ0n) is 25.2. The lowest BCUT2D eigenvalue weighted by molar-refractivity contribution is -0.153. The van der Waals surface area contributed by atoms with Crippen molar-refractivity contribution in [1.29, 1.82) is 0 Å². The molecule has 0 spiro atoms. The van der Waals surface area contributed by atoms with Crippen LogP contribution in [0.4, 0.5) is 11.4 Å². The molecular weight excluding hydrogens is 560 g/mol. The Morgan fingerprint density at radius 3 is 2.28 bits per heavy atom.